The summed E-state index contributed by atoms with van der Waals surface area (Å²) >= 11 is 0. The van der Waals surface area contributed by atoms with Crippen LogP contribution in [0, 0.1) is 0 Å². The molecule has 1 N–H and O–H groups in total. The molecule has 2 heterocycles. The molecule has 0 atom stereocenters. The van der Waals surface area contributed by atoms with Crippen molar-refractivity contribution in [2.75, 3.05) is 5.32 Å². The maximum atomic E-state index is 13.2. The number of aryl methyl sites for hydroxylation is 1. The molecule has 0 aliphatic carbocycles. The Morgan fingerprint density at radius 1 is 0.900 bits per heavy atom. The number of carbonyl (C=O) groups excluding carboxylic acids is 1. The molecule has 7 heteroatoms. The van der Waals surface area contributed by atoms with Gasteiger partial charge in [-0.25, -0.2) is 14.6 Å². The SMILES string of the molecule is CCn1nc(-c2ccccc2)c(-c2ccccc2)c(C(=O)Nc2ncccn2)c1=O. The van der Waals surface area contributed by atoms with Crippen molar-refractivity contribution in [3.05, 3.63) is 95.0 Å². The molecule has 148 valence electrons. The van der Waals surface area contributed by atoms with E-state index in [2.05, 4.69) is 20.4 Å². The van der Waals surface area contributed by atoms with Gasteiger partial charge in [0.1, 0.15) is 5.56 Å². The van der Waals surface area contributed by atoms with Gasteiger partial charge < -0.3 is 0 Å². The second-order valence-corrected chi connectivity index (χ2v) is 6.48. The molecule has 4 aromatic rings. The molecule has 0 spiro atoms. The fourth-order valence-corrected chi connectivity index (χ4v) is 3.21. The van der Waals surface area contributed by atoms with E-state index in [9.17, 15) is 9.59 Å². The van der Waals surface area contributed by atoms with Crippen molar-refractivity contribution in [2.45, 2.75) is 13.5 Å². The van der Waals surface area contributed by atoms with E-state index in [4.69, 9.17) is 0 Å². The van der Waals surface area contributed by atoms with E-state index in [1.807, 2.05) is 67.6 Å². The van der Waals surface area contributed by atoms with E-state index in [-0.39, 0.29) is 11.5 Å². The van der Waals surface area contributed by atoms with Crippen molar-refractivity contribution >= 4 is 11.9 Å². The molecule has 0 unspecified atom stereocenters. The molecule has 0 fully saturated rings. The number of nitrogens with one attached hydrogen (secondary N) is 1. The molecule has 0 bridgehead atoms. The van der Waals surface area contributed by atoms with Crippen LogP contribution in [0.25, 0.3) is 22.4 Å². The minimum absolute atomic E-state index is 0.00403. The lowest BCUT2D eigenvalue weighted by Gasteiger charge is -2.16. The Morgan fingerprint density at radius 3 is 2.10 bits per heavy atom. The average molecular weight is 397 g/mol. The van der Waals surface area contributed by atoms with Gasteiger partial charge in [-0.15, -0.1) is 0 Å². The van der Waals surface area contributed by atoms with Crippen LogP contribution in [0.15, 0.2) is 83.9 Å². The largest absolute Gasteiger partial charge is 0.290 e. The van der Waals surface area contributed by atoms with Crippen LogP contribution in [0.1, 0.15) is 17.3 Å². The zero-order valence-corrected chi connectivity index (χ0v) is 16.3. The minimum atomic E-state index is -0.577. The quantitative estimate of drug-likeness (QED) is 0.555. The van der Waals surface area contributed by atoms with Crippen molar-refractivity contribution in [1.82, 2.24) is 19.7 Å². The van der Waals surface area contributed by atoms with Crippen LogP contribution >= 0.6 is 0 Å². The molecule has 1 amide bonds. The predicted octanol–water partition coefficient (Wildman–Crippen LogP) is 3.64. The third-order valence-corrected chi connectivity index (χ3v) is 4.58. The lowest BCUT2D eigenvalue weighted by Crippen LogP contribution is -2.32. The van der Waals surface area contributed by atoms with E-state index < -0.39 is 11.5 Å². The van der Waals surface area contributed by atoms with E-state index in [1.54, 1.807) is 6.07 Å². The zero-order valence-electron chi connectivity index (χ0n) is 16.3. The predicted molar refractivity (Wildman–Crippen MR) is 115 cm³/mol. The summed E-state index contributed by atoms with van der Waals surface area (Å²) in [4.78, 5) is 34.5. The van der Waals surface area contributed by atoms with Crippen molar-refractivity contribution in [2.24, 2.45) is 0 Å². The van der Waals surface area contributed by atoms with Crippen molar-refractivity contribution in [1.29, 1.82) is 0 Å². The maximum Gasteiger partial charge on any atom is 0.280 e. The van der Waals surface area contributed by atoms with Crippen LogP contribution in [0.2, 0.25) is 0 Å². The summed E-state index contributed by atoms with van der Waals surface area (Å²) in [7, 11) is 0. The van der Waals surface area contributed by atoms with Crippen LogP contribution in [0.4, 0.5) is 5.95 Å². The fraction of sp³-hybridized carbons (Fsp3) is 0.0870. The minimum Gasteiger partial charge on any atom is -0.290 e. The number of hydrogen-bond donors (Lipinski definition) is 1. The number of hydrogen-bond acceptors (Lipinski definition) is 5. The molecule has 0 aliphatic rings. The monoisotopic (exact) mass is 397 g/mol. The summed E-state index contributed by atoms with van der Waals surface area (Å²) < 4.78 is 1.30. The van der Waals surface area contributed by atoms with Crippen LogP contribution in [-0.2, 0) is 6.54 Å². The summed E-state index contributed by atoms with van der Waals surface area (Å²) in [6, 6.07) is 20.5. The second-order valence-electron chi connectivity index (χ2n) is 6.48. The van der Waals surface area contributed by atoms with Crippen LogP contribution in [0.5, 0.6) is 0 Å². The highest BCUT2D eigenvalue weighted by molar-refractivity contribution is 6.09. The molecule has 0 saturated heterocycles. The van der Waals surface area contributed by atoms with E-state index in [1.165, 1.54) is 17.1 Å². The van der Waals surface area contributed by atoms with Gasteiger partial charge in [-0.2, -0.15) is 5.10 Å². The van der Waals surface area contributed by atoms with Crippen molar-refractivity contribution in [3.63, 3.8) is 0 Å². The first-order valence-electron chi connectivity index (χ1n) is 9.53. The molecule has 7 nitrogen and oxygen atoms in total. The first kappa shape index (κ1) is 19.2. The first-order valence-corrected chi connectivity index (χ1v) is 9.53. The summed E-state index contributed by atoms with van der Waals surface area (Å²) in [6.07, 6.45) is 3.04. The second kappa shape index (κ2) is 8.48. The van der Waals surface area contributed by atoms with E-state index in [0.717, 1.165) is 11.1 Å². The molecule has 2 aromatic heterocycles. The van der Waals surface area contributed by atoms with Gasteiger partial charge in [0.15, 0.2) is 0 Å². The lowest BCUT2D eigenvalue weighted by atomic mass is 9.95. The van der Waals surface area contributed by atoms with Crippen molar-refractivity contribution < 1.29 is 4.79 Å². The molecule has 0 aliphatic heterocycles. The Kier molecular flexibility index (Phi) is 5.43. The normalized spacial score (nSPS) is 10.6. The zero-order chi connectivity index (χ0) is 20.9. The van der Waals surface area contributed by atoms with Gasteiger partial charge in [-0.3, -0.25) is 14.9 Å². The molecule has 4 rings (SSSR count). The average Bonchev–Trinajstić information content (AvgIpc) is 2.80. The Hall–Kier alpha value is -4.13. The number of benzene rings is 2. The van der Waals surface area contributed by atoms with Gasteiger partial charge in [-0.1, -0.05) is 60.7 Å². The van der Waals surface area contributed by atoms with Gasteiger partial charge in [0.2, 0.25) is 5.95 Å². The van der Waals surface area contributed by atoms with Crippen LogP contribution in [0.3, 0.4) is 0 Å². The molecule has 0 saturated carbocycles. The maximum absolute atomic E-state index is 13.2. The number of aromatic nitrogens is 4. The summed E-state index contributed by atoms with van der Waals surface area (Å²) in [6.45, 7) is 2.14. The van der Waals surface area contributed by atoms with E-state index in [0.29, 0.717) is 17.8 Å². The van der Waals surface area contributed by atoms with Gasteiger partial charge in [0.05, 0.1) is 5.69 Å². The third kappa shape index (κ3) is 3.73. The number of carbonyl (C=O) groups is 1. The molecule has 0 radical (unpaired) electrons. The summed E-state index contributed by atoms with van der Waals surface area (Å²) in [5.74, 6) is -0.450. The highest BCUT2D eigenvalue weighted by Gasteiger charge is 2.25. The van der Waals surface area contributed by atoms with Crippen LogP contribution in [-0.4, -0.2) is 25.7 Å². The summed E-state index contributed by atoms with van der Waals surface area (Å²) in [5.41, 5.74) is 2.10. The summed E-state index contributed by atoms with van der Waals surface area (Å²) in [5, 5.41) is 7.22. The number of amides is 1. The highest BCUT2D eigenvalue weighted by atomic mass is 16.2. The van der Waals surface area contributed by atoms with Crippen LogP contribution < -0.4 is 10.9 Å². The lowest BCUT2D eigenvalue weighted by molar-refractivity contribution is 0.102. The molecular formula is C23H19N5O2. The Morgan fingerprint density at radius 2 is 1.50 bits per heavy atom. The van der Waals surface area contributed by atoms with Gasteiger partial charge >= 0.3 is 0 Å². The third-order valence-electron chi connectivity index (χ3n) is 4.58. The van der Waals surface area contributed by atoms with Gasteiger partial charge in [-0.05, 0) is 18.6 Å². The first-order chi connectivity index (χ1) is 14.7. The fourth-order valence-electron chi connectivity index (χ4n) is 3.21. The number of nitrogens with zero attached hydrogens (tertiary/aromatic N) is 4. The number of anilines is 1. The Labute approximate surface area is 173 Å². The Balaban J connectivity index is 2.00. The highest BCUT2D eigenvalue weighted by Crippen LogP contribution is 2.32. The van der Waals surface area contributed by atoms with E-state index >= 15 is 0 Å². The van der Waals surface area contributed by atoms with Gasteiger partial charge in [0.25, 0.3) is 11.5 Å². The molecule has 30 heavy (non-hydrogen) atoms. The van der Waals surface area contributed by atoms with Crippen molar-refractivity contribution in [3.8, 4) is 22.4 Å². The number of rotatable bonds is 5. The van der Waals surface area contributed by atoms with Gasteiger partial charge in [0, 0.05) is 30.1 Å². The Bertz CT molecular complexity index is 1220. The smallest absolute Gasteiger partial charge is 0.280 e. The standard InChI is InChI=1S/C23H19N5O2/c1-2-28-22(30)19(21(29)26-23-24-14-9-15-25-23)18(16-10-5-3-6-11-16)20(27-28)17-12-7-4-8-13-17/h3-15H,2H2,1H3,(H,24,25,26,29). The molecule has 2 aromatic carbocycles. The molecular weight excluding hydrogens is 378 g/mol. The topological polar surface area (TPSA) is 89.8 Å².